The smallest absolute Gasteiger partial charge is 0.225 e. The Balaban J connectivity index is 2.76. The van der Waals surface area contributed by atoms with Gasteiger partial charge in [0.2, 0.25) is 5.95 Å². The molecule has 0 spiro atoms. The molecule has 0 saturated carbocycles. The summed E-state index contributed by atoms with van der Waals surface area (Å²) in [5.74, 6) is 0.779. The lowest BCUT2D eigenvalue weighted by Crippen LogP contribution is -2.31. The fourth-order valence-corrected chi connectivity index (χ4v) is 1.64. The van der Waals surface area contributed by atoms with Crippen molar-refractivity contribution < 1.29 is 0 Å². The molecule has 1 aromatic rings. The van der Waals surface area contributed by atoms with Gasteiger partial charge in [0.15, 0.2) is 0 Å². The van der Waals surface area contributed by atoms with Crippen LogP contribution in [0.15, 0.2) is 12.4 Å². The van der Waals surface area contributed by atoms with Gasteiger partial charge in [0, 0.05) is 37.6 Å². The standard InChI is InChI=1S/C11H20N4/c1-4-10(5-2)15(3)11-13-7-9(6-12)8-14-11/h7-8,10H,4-6,12H2,1-3H3. The fraction of sp³-hybridized carbons (Fsp3) is 0.636. The minimum atomic E-state index is 0.495. The summed E-state index contributed by atoms with van der Waals surface area (Å²) in [4.78, 5) is 10.7. The van der Waals surface area contributed by atoms with Gasteiger partial charge in [-0.3, -0.25) is 0 Å². The highest BCUT2D eigenvalue weighted by Crippen LogP contribution is 2.13. The first kappa shape index (κ1) is 11.9. The van der Waals surface area contributed by atoms with Crippen LogP contribution in [0.5, 0.6) is 0 Å². The Bertz CT molecular complexity index is 279. The molecule has 0 fully saturated rings. The lowest BCUT2D eigenvalue weighted by atomic mass is 10.1. The molecular weight excluding hydrogens is 188 g/mol. The number of aromatic nitrogens is 2. The minimum Gasteiger partial charge on any atom is -0.341 e. The number of hydrogen-bond donors (Lipinski definition) is 1. The van der Waals surface area contributed by atoms with Gasteiger partial charge in [-0.05, 0) is 12.8 Å². The lowest BCUT2D eigenvalue weighted by Gasteiger charge is -2.26. The first-order chi connectivity index (χ1) is 7.22. The summed E-state index contributed by atoms with van der Waals surface area (Å²) in [6, 6.07) is 0.508. The van der Waals surface area contributed by atoms with Gasteiger partial charge in [0.25, 0.3) is 0 Å². The summed E-state index contributed by atoms with van der Waals surface area (Å²) in [5.41, 5.74) is 6.46. The van der Waals surface area contributed by atoms with Crippen molar-refractivity contribution in [2.24, 2.45) is 5.73 Å². The second-order valence-electron chi connectivity index (χ2n) is 3.68. The van der Waals surface area contributed by atoms with Crippen LogP contribution in [0.4, 0.5) is 5.95 Å². The summed E-state index contributed by atoms with van der Waals surface area (Å²) < 4.78 is 0. The van der Waals surface area contributed by atoms with E-state index in [0.29, 0.717) is 12.6 Å². The molecule has 1 rings (SSSR count). The van der Waals surface area contributed by atoms with Gasteiger partial charge in [-0.1, -0.05) is 13.8 Å². The SMILES string of the molecule is CCC(CC)N(C)c1ncc(CN)cn1. The Labute approximate surface area is 91.5 Å². The van der Waals surface area contributed by atoms with Crippen molar-refractivity contribution in [2.75, 3.05) is 11.9 Å². The zero-order valence-corrected chi connectivity index (χ0v) is 9.77. The zero-order chi connectivity index (χ0) is 11.3. The topological polar surface area (TPSA) is 55.0 Å². The van der Waals surface area contributed by atoms with E-state index >= 15 is 0 Å². The van der Waals surface area contributed by atoms with Gasteiger partial charge in [0.05, 0.1) is 0 Å². The molecular formula is C11H20N4. The number of hydrogen-bond acceptors (Lipinski definition) is 4. The van der Waals surface area contributed by atoms with Crippen LogP contribution in [-0.2, 0) is 6.54 Å². The van der Waals surface area contributed by atoms with Crippen molar-refractivity contribution >= 4 is 5.95 Å². The molecule has 0 atom stereocenters. The average molecular weight is 208 g/mol. The van der Waals surface area contributed by atoms with Gasteiger partial charge in [0.1, 0.15) is 0 Å². The van der Waals surface area contributed by atoms with Gasteiger partial charge in [-0.2, -0.15) is 0 Å². The Morgan fingerprint density at radius 1 is 1.27 bits per heavy atom. The van der Waals surface area contributed by atoms with Gasteiger partial charge in [-0.25, -0.2) is 9.97 Å². The number of nitrogens with two attached hydrogens (primary N) is 1. The van der Waals surface area contributed by atoms with Crippen molar-refractivity contribution in [3.63, 3.8) is 0 Å². The van der Waals surface area contributed by atoms with Crippen molar-refractivity contribution in [3.05, 3.63) is 18.0 Å². The summed E-state index contributed by atoms with van der Waals surface area (Å²) >= 11 is 0. The minimum absolute atomic E-state index is 0.495. The normalized spacial score (nSPS) is 10.7. The van der Waals surface area contributed by atoms with Crippen molar-refractivity contribution in [1.29, 1.82) is 0 Å². The van der Waals surface area contributed by atoms with Crippen LogP contribution in [0, 0.1) is 0 Å². The second kappa shape index (κ2) is 5.66. The first-order valence-corrected chi connectivity index (χ1v) is 5.46. The van der Waals surface area contributed by atoms with E-state index in [1.807, 2.05) is 7.05 Å². The highest BCUT2D eigenvalue weighted by atomic mass is 15.2. The van der Waals surface area contributed by atoms with Gasteiger partial charge in [-0.15, -0.1) is 0 Å². The van der Waals surface area contributed by atoms with Crippen LogP contribution in [0.2, 0.25) is 0 Å². The largest absolute Gasteiger partial charge is 0.341 e. The summed E-state index contributed by atoms with van der Waals surface area (Å²) in [6.45, 7) is 4.85. The summed E-state index contributed by atoms with van der Waals surface area (Å²) in [7, 11) is 2.04. The molecule has 0 aliphatic heterocycles. The maximum absolute atomic E-state index is 5.49. The number of nitrogens with zero attached hydrogens (tertiary/aromatic N) is 3. The molecule has 0 bridgehead atoms. The summed E-state index contributed by atoms with van der Waals surface area (Å²) in [6.07, 6.45) is 5.80. The average Bonchev–Trinajstić information content (AvgIpc) is 2.30. The molecule has 0 aromatic carbocycles. The van der Waals surface area contributed by atoms with Crippen LogP contribution in [0.25, 0.3) is 0 Å². The molecule has 2 N–H and O–H groups in total. The van der Waals surface area contributed by atoms with E-state index in [2.05, 4.69) is 28.7 Å². The van der Waals surface area contributed by atoms with Crippen LogP contribution in [0.3, 0.4) is 0 Å². The van der Waals surface area contributed by atoms with E-state index in [1.54, 1.807) is 12.4 Å². The van der Waals surface area contributed by atoms with Crippen molar-refractivity contribution in [3.8, 4) is 0 Å². The van der Waals surface area contributed by atoms with E-state index in [1.165, 1.54) is 0 Å². The predicted molar refractivity (Wildman–Crippen MR) is 62.7 cm³/mol. The summed E-state index contributed by atoms with van der Waals surface area (Å²) in [5, 5.41) is 0. The van der Waals surface area contributed by atoms with Crippen LogP contribution < -0.4 is 10.6 Å². The maximum atomic E-state index is 5.49. The molecule has 0 aliphatic rings. The van der Waals surface area contributed by atoms with Gasteiger partial charge >= 0.3 is 0 Å². The molecule has 0 radical (unpaired) electrons. The highest BCUT2D eigenvalue weighted by Gasteiger charge is 2.12. The molecule has 0 unspecified atom stereocenters. The third kappa shape index (κ3) is 2.89. The number of rotatable bonds is 5. The molecule has 1 heterocycles. The molecule has 84 valence electrons. The maximum Gasteiger partial charge on any atom is 0.225 e. The van der Waals surface area contributed by atoms with Crippen LogP contribution in [0.1, 0.15) is 32.3 Å². The second-order valence-corrected chi connectivity index (χ2v) is 3.68. The van der Waals surface area contributed by atoms with E-state index in [0.717, 1.165) is 24.4 Å². The first-order valence-electron chi connectivity index (χ1n) is 5.46. The molecule has 0 saturated heterocycles. The van der Waals surface area contributed by atoms with Crippen molar-refractivity contribution in [2.45, 2.75) is 39.3 Å². The Kier molecular flexibility index (Phi) is 4.49. The zero-order valence-electron chi connectivity index (χ0n) is 9.77. The molecule has 0 amide bonds. The van der Waals surface area contributed by atoms with Gasteiger partial charge < -0.3 is 10.6 Å². The quantitative estimate of drug-likeness (QED) is 0.798. The third-order valence-corrected chi connectivity index (χ3v) is 2.73. The highest BCUT2D eigenvalue weighted by molar-refractivity contribution is 5.30. The Morgan fingerprint density at radius 2 is 1.80 bits per heavy atom. The fourth-order valence-electron chi connectivity index (χ4n) is 1.64. The molecule has 1 aromatic heterocycles. The third-order valence-electron chi connectivity index (χ3n) is 2.73. The van der Waals surface area contributed by atoms with Crippen LogP contribution >= 0.6 is 0 Å². The molecule has 15 heavy (non-hydrogen) atoms. The van der Waals surface area contributed by atoms with Crippen molar-refractivity contribution in [1.82, 2.24) is 9.97 Å². The Morgan fingerprint density at radius 3 is 2.20 bits per heavy atom. The van der Waals surface area contributed by atoms with E-state index in [4.69, 9.17) is 5.73 Å². The van der Waals surface area contributed by atoms with E-state index in [-0.39, 0.29) is 0 Å². The molecule has 4 heteroatoms. The predicted octanol–water partition coefficient (Wildman–Crippen LogP) is 1.56. The molecule has 0 aliphatic carbocycles. The van der Waals surface area contributed by atoms with E-state index in [9.17, 15) is 0 Å². The Hall–Kier alpha value is -1.16. The van der Waals surface area contributed by atoms with E-state index < -0.39 is 0 Å². The van der Waals surface area contributed by atoms with Crippen LogP contribution in [-0.4, -0.2) is 23.1 Å². The monoisotopic (exact) mass is 208 g/mol. The lowest BCUT2D eigenvalue weighted by molar-refractivity contribution is 0.580. The molecule has 4 nitrogen and oxygen atoms in total. The number of anilines is 1.